The topological polar surface area (TPSA) is 29.5 Å². The molecule has 0 atom stereocenters. The fourth-order valence-corrected chi connectivity index (χ4v) is 2.33. The average Bonchev–Trinajstić information content (AvgIpc) is 3.27. The third-order valence-corrected chi connectivity index (χ3v) is 3.80. The highest BCUT2D eigenvalue weighted by atomic mass is 16.5. The van der Waals surface area contributed by atoms with Crippen LogP contribution in [0.25, 0.3) is 0 Å². The van der Waals surface area contributed by atoms with Gasteiger partial charge in [-0.2, -0.15) is 0 Å². The lowest BCUT2D eigenvalue weighted by molar-refractivity contribution is 0.0920. The Hall–Kier alpha value is -1.35. The Bertz CT molecular complexity index is 452. The second-order valence-corrected chi connectivity index (χ2v) is 6.04. The van der Waals surface area contributed by atoms with Gasteiger partial charge in [0.15, 0.2) is 5.78 Å². The molecule has 20 heavy (non-hydrogen) atoms. The number of methoxy groups -OCH3 is 1. The summed E-state index contributed by atoms with van der Waals surface area (Å²) in [7, 11) is 1.63. The highest BCUT2D eigenvalue weighted by Gasteiger charge is 2.30. The van der Waals surface area contributed by atoms with Gasteiger partial charge in [0.25, 0.3) is 0 Å². The molecule has 1 aliphatic carbocycles. The zero-order chi connectivity index (χ0) is 14.5. The van der Waals surface area contributed by atoms with Crippen molar-refractivity contribution in [2.24, 2.45) is 5.92 Å². The second kappa shape index (κ2) is 6.89. The van der Waals surface area contributed by atoms with Crippen molar-refractivity contribution in [3.63, 3.8) is 0 Å². The highest BCUT2D eigenvalue weighted by Crippen LogP contribution is 2.27. The van der Waals surface area contributed by atoms with Crippen molar-refractivity contribution in [2.75, 3.05) is 20.2 Å². The van der Waals surface area contributed by atoms with Crippen LogP contribution < -0.4 is 4.74 Å². The predicted molar refractivity (Wildman–Crippen MR) is 81.4 cm³/mol. The third kappa shape index (κ3) is 4.34. The normalized spacial score (nSPS) is 14.8. The summed E-state index contributed by atoms with van der Waals surface area (Å²) in [5.41, 5.74) is 0.750. The first kappa shape index (κ1) is 15.0. The fourth-order valence-electron chi connectivity index (χ4n) is 2.33. The van der Waals surface area contributed by atoms with Crippen LogP contribution in [0.1, 0.15) is 43.5 Å². The van der Waals surface area contributed by atoms with E-state index in [4.69, 9.17) is 4.74 Å². The largest absolute Gasteiger partial charge is 0.497 e. The van der Waals surface area contributed by atoms with Gasteiger partial charge in [-0.15, -0.1) is 0 Å². The molecule has 0 radical (unpaired) electrons. The number of benzene rings is 1. The van der Waals surface area contributed by atoms with E-state index in [1.807, 2.05) is 24.3 Å². The molecule has 0 heterocycles. The molecule has 1 aromatic rings. The van der Waals surface area contributed by atoms with E-state index < -0.39 is 0 Å². The molecule has 110 valence electrons. The Morgan fingerprint density at radius 3 is 2.75 bits per heavy atom. The maximum absolute atomic E-state index is 12.4. The average molecular weight is 275 g/mol. The van der Waals surface area contributed by atoms with Gasteiger partial charge in [-0.05, 0) is 43.9 Å². The molecule has 0 aliphatic heterocycles. The van der Waals surface area contributed by atoms with E-state index in [1.165, 1.54) is 12.8 Å². The van der Waals surface area contributed by atoms with Gasteiger partial charge in [-0.25, -0.2) is 0 Å². The van der Waals surface area contributed by atoms with E-state index in [0.717, 1.165) is 24.3 Å². The maximum atomic E-state index is 12.4. The summed E-state index contributed by atoms with van der Waals surface area (Å²) < 4.78 is 5.18. The number of rotatable bonds is 8. The lowest BCUT2D eigenvalue weighted by Gasteiger charge is -2.22. The van der Waals surface area contributed by atoms with Crippen LogP contribution in [0.2, 0.25) is 0 Å². The second-order valence-electron chi connectivity index (χ2n) is 6.04. The number of nitrogens with zero attached hydrogens (tertiary/aromatic N) is 1. The lowest BCUT2D eigenvalue weighted by Crippen LogP contribution is -2.33. The number of carbonyl (C=O) groups is 1. The SMILES string of the molecule is COc1cccc(C(=O)CN(CCC(C)C)C2CC2)c1. The van der Waals surface area contributed by atoms with Crippen molar-refractivity contribution >= 4 is 5.78 Å². The molecule has 1 aliphatic rings. The van der Waals surface area contributed by atoms with E-state index in [-0.39, 0.29) is 5.78 Å². The Kier molecular flexibility index (Phi) is 5.18. The zero-order valence-electron chi connectivity index (χ0n) is 12.8. The van der Waals surface area contributed by atoms with Gasteiger partial charge in [-0.1, -0.05) is 26.0 Å². The molecule has 0 aromatic heterocycles. The Labute approximate surface area is 121 Å². The van der Waals surface area contributed by atoms with Crippen LogP contribution >= 0.6 is 0 Å². The van der Waals surface area contributed by atoms with Crippen molar-refractivity contribution in [2.45, 2.75) is 39.2 Å². The van der Waals surface area contributed by atoms with Crippen LogP contribution in [0.5, 0.6) is 5.75 Å². The molecule has 0 N–H and O–H groups in total. The molecule has 0 spiro atoms. The summed E-state index contributed by atoms with van der Waals surface area (Å²) >= 11 is 0. The molecule has 0 amide bonds. The lowest BCUT2D eigenvalue weighted by atomic mass is 10.1. The molecular weight excluding hydrogens is 250 g/mol. The monoisotopic (exact) mass is 275 g/mol. The minimum absolute atomic E-state index is 0.194. The van der Waals surface area contributed by atoms with Gasteiger partial charge in [0.1, 0.15) is 5.75 Å². The van der Waals surface area contributed by atoms with Crippen LogP contribution in [0.15, 0.2) is 24.3 Å². The van der Waals surface area contributed by atoms with Gasteiger partial charge in [-0.3, -0.25) is 9.69 Å². The number of hydrogen-bond donors (Lipinski definition) is 0. The van der Waals surface area contributed by atoms with Crippen molar-refractivity contribution < 1.29 is 9.53 Å². The summed E-state index contributed by atoms with van der Waals surface area (Å²) in [4.78, 5) is 14.8. The van der Waals surface area contributed by atoms with E-state index in [9.17, 15) is 4.79 Å². The number of hydrogen-bond acceptors (Lipinski definition) is 3. The first-order valence-corrected chi connectivity index (χ1v) is 7.51. The molecule has 1 fully saturated rings. The van der Waals surface area contributed by atoms with Crippen molar-refractivity contribution in [3.8, 4) is 5.75 Å². The smallest absolute Gasteiger partial charge is 0.176 e. The minimum Gasteiger partial charge on any atom is -0.497 e. The zero-order valence-corrected chi connectivity index (χ0v) is 12.8. The van der Waals surface area contributed by atoms with Crippen molar-refractivity contribution in [1.29, 1.82) is 0 Å². The summed E-state index contributed by atoms with van der Waals surface area (Å²) in [6, 6.07) is 8.08. The van der Waals surface area contributed by atoms with Crippen molar-refractivity contribution in [3.05, 3.63) is 29.8 Å². The van der Waals surface area contributed by atoms with E-state index in [2.05, 4.69) is 18.7 Å². The number of ether oxygens (including phenoxy) is 1. The third-order valence-electron chi connectivity index (χ3n) is 3.80. The van der Waals surface area contributed by atoms with Gasteiger partial charge < -0.3 is 4.74 Å². The first-order chi connectivity index (χ1) is 9.60. The molecule has 1 aromatic carbocycles. The van der Waals surface area contributed by atoms with Crippen LogP contribution in [-0.4, -0.2) is 36.9 Å². The standard InChI is InChI=1S/C17H25NO2/c1-13(2)9-10-18(15-7-8-15)12-17(19)14-5-4-6-16(11-14)20-3/h4-6,11,13,15H,7-10,12H2,1-3H3. The fraction of sp³-hybridized carbons (Fsp3) is 0.588. The summed E-state index contributed by atoms with van der Waals surface area (Å²) in [6.07, 6.45) is 3.63. The van der Waals surface area contributed by atoms with E-state index >= 15 is 0 Å². The number of ketones is 1. The molecule has 3 nitrogen and oxygen atoms in total. The van der Waals surface area contributed by atoms with E-state index in [1.54, 1.807) is 7.11 Å². The Morgan fingerprint density at radius 2 is 2.15 bits per heavy atom. The van der Waals surface area contributed by atoms with Gasteiger partial charge in [0, 0.05) is 11.6 Å². The van der Waals surface area contributed by atoms with Crippen LogP contribution in [0.3, 0.4) is 0 Å². The number of carbonyl (C=O) groups excluding carboxylic acids is 1. The Balaban J connectivity index is 1.96. The number of Topliss-reactive ketones (excluding diaryl/α,β-unsaturated/α-hetero) is 1. The summed E-state index contributed by atoms with van der Waals surface area (Å²) in [5.74, 6) is 1.62. The Morgan fingerprint density at radius 1 is 1.40 bits per heavy atom. The molecule has 0 bridgehead atoms. The predicted octanol–water partition coefficient (Wildman–Crippen LogP) is 3.39. The molecule has 2 rings (SSSR count). The highest BCUT2D eigenvalue weighted by molar-refractivity contribution is 5.98. The van der Waals surface area contributed by atoms with Crippen LogP contribution in [0.4, 0.5) is 0 Å². The van der Waals surface area contributed by atoms with Crippen LogP contribution in [0, 0.1) is 5.92 Å². The van der Waals surface area contributed by atoms with Gasteiger partial charge >= 0.3 is 0 Å². The first-order valence-electron chi connectivity index (χ1n) is 7.51. The van der Waals surface area contributed by atoms with Crippen LogP contribution in [-0.2, 0) is 0 Å². The van der Waals surface area contributed by atoms with E-state index in [0.29, 0.717) is 18.5 Å². The van der Waals surface area contributed by atoms with Gasteiger partial charge in [0.05, 0.1) is 13.7 Å². The minimum atomic E-state index is 0.194. The molecule has 0 unspecified atom stereocenters. The molecular formula is C17H25NO2. The summed E-state index contributed by atoms with van der Waals surface area (Å²) in [5, 5.41) is 0. The quantitative estimate of drug-likeness (QED) is 0.681. The van der Waals surface area contributed by atoms with Crippen molar-refractivity contribution in [1.82, 2.24) is 4.90 Å². The maximum Gasteiger partial charge on any atom is 0.176 e. The molecule has 0 saturated heterocycles. The molecule has 1 saturated carbocycles. The molecule has 3 heteroatoms. The summed E-state index contributed by atoms with van der Waals surface area (Å²) in [6.45, 7) is 6.02. The van der Waals surface area contributed by atoms with Gasteiger partial charge in [0.2, 0.25) is 0 Å².